The molecule has 0 radical (unpaired) electrons. The smallest absolute Gasteiger partial charge is 0.344 e. The highest BCUT2D eigenvalue weighted by atomic mass is 35.5. The Balaban J connectivity index is 1.66. The van der Waals surface area contributed by atoms with Gasteiger partial charge in [0.25, 0.3) is 11.8 Å². The van der Waals surface area contributed by atoms with Gasteiger partial charge in [-0.2, -0.15) is 5.01 Å². The summed E-state index contributed by atoms with van der Waals surface area (Å²) in [6, 6.07) is 11.3. The number of halogens is 2. The van der Waals surface area contributed by atoms with Crippen LogP contribution in [0.4, 0.5) is 9.18 Å². The third kappa shape index (κ3) is 3.70. The third-order valence-electron chi connectivity index (χ3n) is 4.03. The van der Waals surface area contributed by atoms with Gasteiger partial charge in [-0.25, -0.2) is 9.18 Å². The fourth-order valence-corrected chi connectivity index (χ4v) is 2.82. The van der Waals surface area contributed by atoms with Gasteiger partial charge in [0, 0.05) is 0 Å². The Labute approximate surface area is 159 Å². The van der Waals surface area contributed by atoms with Crippen LogP contribution in [-0.2, 0) is 15.1 Å². The maximum Gasteiger partial charge on any atom is 0.344 e. The van der Waals surface area contributed by atoms with Crippen LogP contribution in [0.2, 0.25) is 5.02 Å². The summed E-state index contributed by atoms with van der Waals surface area (Å²) in [5.41, 5.74) is 1.47. The molecule has 0 aromatic heterocycles. The SMILES string of the molecule is C[C@]1(c2ccccc2)NC(=O)N(NC(=O)COc2ccc(F)cc2Cl)C1=O. The molecule has 140 valence electrons. The molecule has 2 N–H and O–H groups in total. The lowest BCUT2D eigenvalue weighted by molar-refractivity contribution is -0.139. The molecule has 2 aromatic rings. The van der Waals surface area contributed by atoms with Crippen molar-refractivity contribution in [2.45, 2.75) is 12.5 Å². The van der Waals surface area contributed by atoms with Crippen molar-refractivity contribution in [2.75, 3.05) is 6.61 Å². The summed E-state index contributed by atoms with van der Waals surface area (Å²) in [6.45, 7) is 1.02. The highest BCUT2D eigenvalue weighted by Crippen LogP contribution is 2.28. The topological polar surface area (TPSA) is 87.7 Å². The van der Waals surface area contributed by atoms with Crippen molar-refractivity contribution in [3.8, 4) is 5.75 Å². The van der Waals surface area contributed by atoms with Gasteiger partial charge in [0.1, 0.15) is 17.1 Å². The minimum Gasteiger partial charge on any atom is -0.482 e. The van der Waals surface area contributed by atoms with Gasteiger partial charge in [0.15, 0.2) is 6.61 Å². The number of carbonyl (C=O) groups excluding carboxylic acids is 3. The van der Waals surface area contributed by atoms with Crippen LogP contribution >= 0.6 is 11.6 Å². The number of amides is 4. The van der Waals surface area contributed by atoms with Crippen LogP contribution in [0.5, 0.6) is 5.75 Å². The summed E-state index contributed by atoms with van der Waals surface area (Å²) in [5, 5.41) is 3.16. The molecule has 9 heteroatoms. The highest BCUT2D eigenvalue weighted by molar-refractivity contribution is 6.32. The molecule has 1 atom stereocenters. The summed E-state index contributed by atoms with van der Waals surface area (Å²) in [7, 11) is 0. The molecule has 1 fully saturated rings. The van der Waals surface area contributed by atoms with Crippen molar-refractivity contribution in [2.24, 2.45) is 0 Å². The standard InChI is InChI=1S/C18H15ClFN3O4/c1-18(11-5-3-2-4-6-11)16(25)23(17(26)21-18)22-15(24)10-27-14-8-7-12(20)9-13(14)19/h2-9H,10H2,1H3,(H,21,26)(H,22,24)/t18-/m1/s1. The van der Waals surface area contributed by atoms with E-state index in [9.17, 15) is 18.8 Å². The number of rotatable bonds is 5. The Morgan fingerprint density at radius 3 is 2.63 bits per heavy atom. The Kier molecular flexibility index (Phi) is 5.00. The Morgan fingerprint density at radius 1 is 1.26 bits per heavy atom. The van der Waals surface area contributed by atoms with Gasteiger partial charge in [-0.1, -0.05) is 41.9 Å². The van der Waals surface area contributed by atoms with E-state index >= 15 is 0 Å². The Hall–Kier alpha value is -3.13. The summed E-state index contributed by atoms with van der Waals surface area (Å²) in [4.78, 5) is 36.9. The minimum atomic E-state index is -1.30. The first-order valence-corrected chi connectivity index (χ1v) is 8.28. The van der Waals surface area contributed by atoms with E-state index in [1.165, 1.54) is 6.07 Å². The predicted octanol–water partition coefficient (Wildman–Crippen LogP) is 2.36. The fraction of sp³-hybridized carbons (Fsp3) is 0.167. The lowest BCUT2D eigenvalue weighted by Crippen LogP contribution is -2.49. The molecule has 3 rings (SSSR count). The fourth-order valence-electron chi connectivity index (χ4n) is 2.60. The first-order chi connectivity index (χ1) is 12.8. The zero-order chi connectivity index (χ0) is 19.6. The minimum absolute atomic E-state index is 0.00514. The van der Waals surface area contributed by atoms with Gasteiger partial charge in [-0.3, -0.25) is 15.0 Å². The van der Waals surface area contributed by atoms with Crippen molar-refractivity contribution < 1.29 is 23.5 Å². The summed E-state index contributed by atoms with van der Waals surface area (Å²) in [5.74, 6) is -1.83. The highest BCUT2D eigenvalue weighted by Gasteiger charge is 2.49. The number of nitrogens with zero attached hydrogens (tertiary/aromatic N) is 1. The predicted molar refractivity (Wildman–Crippen MR) is 94.2 cm³/mol. The van der Waals surface area contributed by atoms with Crippen molar-refractivity contribution in [3.05, 3.63) is 64.9 Å². The molecule has 2 aromatic carbocycles. The number of carbonyl (C=O) groups is 3. The number of hydrogen-bond acceptors (Lipinski definition) is 4. The number of benzene rings is 2. The van der Waals surface area contributed by atoms with Crippen LogP contribution in [0.3, 0.4) is 0 Å². The molecule has 7 nitrogen and oxygen atoms in total. The Bertz CT molecular complexity index is 909. The zero-order valence-corrected chi connectivity index (χ0v) is 14.9. The van der Waals surface area contributed by atoms with E-state index in [2.05, 4.69) is 10.7 Å². The molecule has 0 bridgehead atoms. The first kappa shape index (κ1) is 18.7. The summed E-state index contributed by atoms with van der Waals surface area (Å²) < 4.78 is 18.2. The molecule has 27 heavy (non-hydrogen) atoms. The molecule has 0 unspecified atom stereocenters. The summed E-state index contributed by atoms with van der Waals surface area (Å²) in [6.07, 6.45) is 0. The molecular weight excluding hydrogens is 377 g/mol. The van der Waals surface area contributed by atoms with E-state index in [1.807, 2.05) is 0 Å². The maximum absolute atomic E-state index is 13.0. The van der Waals surface area contributed by atoms with Crippen LogP contribution in [0, 0.1) is 5.82 Å². The molecule has 4 amide bonds. The average molecular weight is 392 g/mol. The van der Waals surface area contributed by atoms with E-state index in [0.717, 1.165) is 12.1 Å². The van der Waals surface area contributed by atoms with Crippen molar-refractivity contribution in [1.29, 1.82) is 0 Å². The number of hydrogen-bond donors (Lipinski definition) is 2. The number of ether oxygens (including phenoxy) is 1. The van der Waals surface area contributed by atoms with Gasteiger partial charge < -0.3 is 10.1 Å². The molecule has 1 saturated heterocycles. The lowest BCUT2D eigenvalue weighted by atomic mass is 9.92. The van der Waals surface area contributed by atoms with E-state index in [0.29, 0.717) is 10.6 Å². The van der Waals surface area contributed by atoms with E-state index in [4.69, 9.17) is 16.3 Å². The number of imide groups is 1. The third-order valence-corrected chi connectivity index (χ3v) is 4.33. The number of hydrazine groups is 1. The van der Waals surface area contributed by atoms with E-state index < -0.39 is 35.8 Å². The van der Waals surface area contributed by atoms with Crippen molar-refractivity contribution in [1.82, 2.24) is 15.8 Å². The van der Waals surface area contributed by atoms with Gasteiger partial charge >= 0.3 is 6.03 Å². The van der Waals surface area contributed by atoms with Gasteiger partial charge in [0.05, 0.1) is 5.02 Å². The lowest BCUT2D eigenvalue weighted by Gasteiger charge is -2.22. The van der Waals surface area contributed by atoms with E-state index in [1.54, 1.807) is 37.3 Å². The Morgan fingerprint density at radius 2 is 1.96 bits per heavy atom. The molecule has 0 spiro atoms. The van der Waals surface area contributed by atoms with Gasteiger partial charge in [-0.15, -0.1) is 0 Å². The summed E-state index contributed by atoms with van der Waals surface area (Å²) >= 11 is 5.81. The van der Waals surface area contributed by atoms with Crippen LogP contribution in [0.15, 0.2) is 48.5 Å². The average Bonchev–Trinajstić information content (AvgIpc) is 2.86. The second kappa shape index (κ2) is 7.24. The molecular formula is C18H15ClFN3O4. The normalized spacial score (nSPS) is 19.0. The quantitative estimate of drug-likeness (QED) is 0.766. The monoisotopic (exact) mass is 391 g/mol. The molecule has 1 heterocycles. The second-order valence-corrected chi connectivity index (χ2v) is 6.37. The van der Waals surface area contributed by atoms with Crippen LogP contribution in [0.1, 0.15) is 12.5 Å². The molecule has 1 aliphatic heterocycles. The van der Waals surface area contributed by atoms with Crippen LogP contribution in [-0.4, -0.2) is 29.5 Å². The number of nitrogens with one attached hydrogen (secondary N) is 2. The van der Waals surface area contributed by atoms with Gasteiger partial charge in [0.2, 0.25) is 0 Å². The van der Waals surface area contributed by atoms with Crippen molar-refractivity contribution in [3.63, 3.8) is 0 Å². The largest absolute Gasteiger partial charge is 0.482 e. The van der Waals surface area contributed by atoms with E-state index in [-0.39, 0.29) is 10.8 Å². The first-order valence-electron chi connectivity index (χ1n) is 7.91. The second-order valence-electron chi connectivity index (χ2n) is 5.96. The molecule has 0 saturated carbocycles. The van der Waals surface area contributed by atoms with Crippen molar-refractivity contribution >= 4 is 29.4 Å². The molecule has 0 aliphatic carbocycles. The van der Waals surface area contributed by atoms with Crippen LogP contribution < -0.4 is 15.5 Å². The number of urea groups is 1. The van der Waals surface area contributed by atoms with Crippen LogP contribution in [0.25, 0.3) is 0 Å². The maximum atomic E-state index is 13.0. The zero-order valence-electron chi connectivity index (χ0n) is 14.2. The van der Waals surface area contributed by atoms with Gasteiger partial charge in [-0.05, 0) is 30.7 Å². The molecule has 1 aliphatic rings.